The van der Waals surface area contributed by atoms with Crippen molar-refractivity contribution in [3.63, 3.8) is 0 Å². The summed E-state index contributed by atoms with van der Waals surface area (Å²) in [7, 11) is 0. The molecule has 148 valence electrons. The molecular weight excluding hydrogens is 370 g/mol. The third-order valence-corrected chi connectivity index (χ3v) is 4.65. The van der Waals surface area contributed by atoms with E-state index in [0.29, 0.717) is 23.8 Å². The average Bonchev–Trinajstić information content (AvgIpc) is 3.20. The summed E-state index contributed by atoms with van der Waals surface area (Å²) < 4.78 is 12.7. The van der Waals surface area contributed by atoms with Gasteiger partial charge in [-0.05, 0) is 47.5 Å². The number of allylic oxidation sites excluding steroid dienone is 1. The lowest BCUT2D eigenvalue weighted by molar-refractivity contribution is -0.140. The maximum Gasteiger partial charge on any atom is 0.338 e. The minimum atomic E-state index is -0.500. The molecule has 0 saturated carbocycles. The van der Waals surface area contributed by atoms with Crippen LogP contribution < -0.4 is 10.1 Å². The number of esters is 1. The van der Waals surface area contributed by atoms with Gasteiger partial charge in [-0.15, -0.1) is 0 Å². The van der Waals surface area contributed by atoms with Crippen LogP contribution in [0.25, 0.3) is 0 Å². The van der Waals surface area contributed by atoms with E-state index in [-0.39, 0.29) is 6.61 Å². The highest BCUT2D eigenvalue weighted by molar-refractivity contribution is 5.92. The summed E-state index contributed by atoms with van der Waals surface area (Å²) in [5.74, 6) is 0.816. The van der Waals surface area contributed by atoms with E-state index < -0.39 is 12.0 Å². The van der Waals surface area contributed by atoms with E-state index >= 15 is 0 Å². The Kier molecular flexibility index (Phi) is 5.24. The number of aromatic nitrogens is 4. The average molecular weight is 391 g/mol. The first-order valence-electron chi connectivity index (χ1n) is 9.37. The van der Waals surface area contributed by atoms with Gasteiger partial charge in [0.25, 0.3) is 0 Å². The first-order valence-corrected chi connectivity index (χ1v) is 9.37. The van der Waals surface area contributed by atoms with Gasteiger partial charge in [-0.25, -0.2) is 4.79 Å². The Bertz CT molecular complexity index is 1030. The zero-order valence-corrected chi connectivity index (χ0v) is 16.2. The molecule has 0 aliphatic carbocycles. The van der Waals surface area contributed by atoms with Crippen molar-refractivity contribution in [3.05, 3.63) is 77.0 Å². The van der Waals surface area contributed by atoms with Crippen molar-refractivity contribution < 1.29 is 14.3 Å². The van der Waals surface area contributed by atoms with Gasteiger partial charge in [0.15, 0.2) is 0 Å². The Labute approximate surface area is 168 Å². The van der Waals surface area contributed by atoms with Crippen molar-refractivity contribution in [2.75, 3.05) is 11.9 Å². The number of carbonyl (C=O) groups excluding carboxylic acids is 1. The number of anilines is 1. The van der Waals surface area contributed by atoms with Crippen LogP contribution in [-0.4, -0.2) is 32.8 Å². The molecule has 1 aliphatic rings. The van der Waals surface area contributed by atoms with Crippen LogP contribution in [0.3, 0.4) is 0 Å². The van der Waals surface area contributed by atoms with Crippen LogP contribution in [0.5, 0.6) is 5.75 Å². The number of carbonyl (C=O) groups is 1. The molecule has 1 atom stereocenters. The number of hydrogen-bond acceptors (Lipinski definition) is 7. The van der Waals surface area contributed by atoms with E-state index in [2.05, 4.69) is 20.8 Å². The van der Waals surface area contributed by atoms with Crippen LogP contribution >= 0.6 is 0 Å². The molecule has 4 rings (SSSR count). The molecule has 0 spiro atoms. The standard InChI is InChI=1S/C21H21N5O3/c1-3-28-17-11-9-16(10-12-17)19-18(14(2)22-21-23-24-25-26(19)21)20(27)29-13-15-7-5-4-6-8-15/h4-12,19H,3,13H2,1-2H3,(H,22,23,25)/t19-/m0/s1. The predicted molar refractivity (Wildman–Crippen MR) is 106 cm³/mol. The van der Waals surface area contributed by atoms with Crippen LogP contribution in [-0.2, 0) is 16.1 Å². The minimum absolute atomic E-state index is 0.189. The first kappa shape index (κ1) is 18.7. The normalized spacial score (nSPS) is 15.4. The number of hydrogen-bond donors (Lipinski definition) is 1. The molecule has 0 fully saturated rings. The Balaban J connectivity index is 1.65. The van der Waals surface area contributed by atoms with E-state index in [9.17, 15) is 4.79 Å². The number of fused-ring (bicyclic) bond motifs is 1. The molecule has 1 aliphatic heterocycles. The third kappa shape index (κ3) is 3.82. The van der Waals surface area contributed by atoms with E-state index in [1.807, 2.05) is 68.4 Å². The van der Waals surface area contributed by atoms with Crippen molar-refractivity contribution in [2.45, 2.75) is 26.5 Å². The summed E-state index contributed by atoms with van der Waals surface area (Å²) in [4.78, 5) is 13.0. The van der Waals surface area contributed by atoms with Crippen LogP contribution in [0.4, 0.5) is 5.95 Å². The Morgan fingerprint density at radius 1 is 1.14 bits per heavy atom. The number of tetrazole rings is 1. The quantitative estimate of drug-likeness (QED) is 0.646. The zero-order chi connectivity index (χ0) is 20.2. The summed E-state index contributed by atoms with van der Waals surface area (Å²) in [6, 6.07) is 16.6. The Morgan fingerprint density at radius 3 is 2.62 bits per heavy atom. The van der Waals surface area contributed by atoms with E-state index in [4.69, 9.17) is 9.47 Å². The predicted octanol–water partition coefficient (Wildman–Crippen LogP) is 3.10. The molecule has 0 unspecified atom stereocenters. The molecule has 29 heavy (non-hydrogen) atoms. The fourth-order valence-electron chi connectivity index (χ4n) is 3.30. The fourth-order valence-corrected chi connectivity index (χ4v) is 3.30. The van der Waals surface area contributed by atoms with Gasteiger partial charge in [0.2, 0.25) is 5.95 Å². The van der Waals surface area contributed by atoms with Gasteiger partial charge < -0.3 is 14.8 Å². The van der Waals surface area contributed by atoms with Crippen molar-refractivity contribution in [3.8, 4) is 5.75 Å². The maximum absolute atomic E-state index is 13.0. The highest BCUT2D eigenvalue weighted by Crippen LogP contribution is 2.35. The van der Waals surface area contributed by atoms with Gasteiger partial charge in [0.1, 0.15) is 18.4 Å². The Hall–Kier alpha value is -3.68. The Morgan fingerprint density at radius 2 is 1.90 bits per heavy atom. The van der Waals surface area contributed by atoms with Crippen molar-refractivity contribution in [2.24, 2.45) is 0 Å². The number of nitrogens with one attached hydrogen (secondary N) is 1. The maximum atomic E-state index is 13.0. The summed E-state index contributed by atoms with van der Waals surface area (Å²) in [6.07, 6.45) is 0. The van der Waals surface area contributed by atoms with Crippen LogP contribution in [0.2, 0.25) is 0 Å². The minimum Gasteiger partial charge on any atom is -0.494 e. The molecule has 8 nitrogen and oxygen atoms in total. The molecule has 2 aromatic carbocycles. The molecule has 1 N–H and O–H groups in total. The van der Waals surface area contributed by atoms with Gasteiger partial charge in [-0.1, -0.05) is 47.6 Å². The number of benzene rings is 2. The lowest BCUT2D eigenvalue weighted by Gasteiger charge is -2.27. The summed E-state index contributed by atoms with van der Waals surface area (Å²) in [5.41, 5.74) is 2.90. The molecule has 3 aromatic rings. The molecular formula is C21H21N5O3. The zero-order valence-electron chi connectivity index (χ0n) is 16.2. The lowest BCUT2D eigenvalue weighted by atomic mass is 9.95. The van der Waals surface area contributed by atoms with Gasteiger partial charge >= 0.3 is 5.97 Å². The molecule has 2 heterocycles. The van der Waals surface area contributed by atoms with E-state index in [0.717, 1.165) is 16.9 Å². The second kappa shape index (κ2) is 8.14. The summed E-state index contributed by atoms with van der Waals surface area (Å²) in [6.45, 7) is 4.52. The fraction of sp³-hybridized carbons (Fsp3) is 0.238. The van der Waals surface area contributed by atoms with Crippen molar-refractivity contribution >= 4 is 11.9 Å². The van der Waals surface area contributed by atoms with Crippen LogP contribution in [0, 0.1) is 0 Å². The molecule has 1 aromatic heterocycles. The number of rotatable bonds is 6. The van der Waals surface area contributed by atoms with Crippen LogP contribution in [0.15, 0.2) is 65.9 Å². The monoisotopic (exact) mass is 391 g/mol. The van der Waals surface area contributed by atoms with E-state index in [1.165, 1.54) is 0 Å². The smallest absolute Gasteiger partial charge is 0.338 e. The largest absolute Gasteiger partial charge is 0.494 e. The molecule has 0 amide bonds. The van der Waals surface area contributed by atoms with Gasteiger partial charge in [0, 0.05) is 5.70 Å². The summed E-state index contributed by atoms with van der Waals surface area (Å²) >= 11 is 0. The number of nitrogens with zero attached hydrogens (tertiary/aromatic N) is 4. The molecule has 8 heteroatoms. The van der Waals surface area contributed by atoms with Crippen molar-refractivity contribution in [1.29, 1.82) is 0 Å². The van der Waals surface area contributed by atoms with E-state index in [1.54, 1.807) is 4.68 Å². The molecule has 0 saturated heterocycles. The highest BCUT2D eigenvalue weighted by Gasteiger charge is 2.35. The van der Waals surface area contributed by atoms with Gasteiger partial charge in [-0.2, -0.15) is 4.68 Å². The van der Waals surface area contributed by atoms with Gasteiger partial charge in [0.05, 0.1) is 12.2 Å². The van der Waals surface area contributed by atoms with Gasteiger partial charge in [-0.3, -0.25) is 0 Å². The number of ether oxygens (including phenoxy) is 2. The second-order valence-electron chi connectivity index (χ2n) is 6.58. The van der Waals surface area contributed by atoms with Crippen molar-refractivity contribution in [1.82, 2.24) is 20.2 Å². The lowest BCUT2D eigenvalue weighted by Crippen LogP contribution is -2.29. The van der Waals surface area contributed by atoms with Crippen LogP contribution in [0.1, 0.15) is 31.0 Å². The highest BCUT2D eigenvalue weighted by atomic mass is 16.5. The molecule has 0 radical (unpaired) electrons. The SMILES string of the molecule is CCOc1ccc([C@H]2C(C(=O)OCc3ccccc3)=C(C)Nc3nnnn32)cc1. The topological polar surface area (TPSA) is 91.2 Å². The third-order valence-electron chi connectivity index (χ3n) is 4.65. The molecule has 0 bridgehead atoms. The first-order chi connectivity index (χ1) is 14.2. The second-order valence-corrected chi connectivity index (χ2v) is 6.58. The summed E-state index contributed by atoms with van der Waals surface area (Å²) in [5, 5.41) is 14.9.